The van der Waals surface area contributed by atoms with E-state index in [9.17, 15) is 9.59 Å². The summed E-state index contributed by atoms with van der Waals surface area (Å²) < 4.78 is 6.33. The third-order valence-electron chi connectivity index (χ3n) is 4.75. The van der Waals surface area contributed by atoms with Gasteiger partial charge in [0.1, 0.15) is 5.82 Å². The summed E-state index contributed by atoms with van der Waals surface area (Å²) in [6.07, 6.45) is 1.58. The topological polar surface area (TPSA) is 103 Å². The lowest BCUT2D eigenvalue weighted by Crippen LogP contribution is -2.21. The number of nitrogens with zero attached hydrogens (tertiary/aromatic N) is 4. The van der Waals surface area contributed by atoms with E-state index in [2.05, 4.69) is 20.2 Å². The lowest BCUT2D eigenvalue weighted by molar-refractivity contribution is 0.0600. The zero-order valence-corrected chi connectivity index (χ0v) is 16.5. The van der Waals surface area contributed by atoms with Gasteiger partial charge < -0.3 is 4.74 Å². The zero-order chi connectivity index (χ0) is 20.7. The highest BCUT2D eigenvalue weighted by molar-refractivity contribution is 6.07. The Morgan fingerprint density at radius 2 is 1.79 bits per heavy atom. The van der Waals surface area contributed by atoms with E-state index < -0.39 is 5.97 Å². The van der Waals surface area contributed by atoms with Crippen molar-refractivity contribution in [2.24, 2.45) is 0 Å². The first-order chi connectivity index (χ1) is 13.9. The molecule has 0 aliphatic carbocycles. The summed E-state index contributed by atoms with van der Waals surface area (Å²) >= 11 is 0. The summed E-state index contributed by atoms with van der Waals surface area (Å²) in [6, 6.07) is 9.33. The number of benzene rings is 1. The smallest absolute Gasteiger partial charge is 0.340 e. The van der Waals surface area contributed by atoms with Gasteiger partial charge in [-0.3, -0.25) is 14.9 Å². The third kappa shape index (κ3) is 3.08. The molecule has 0 radical (unpaired) electrons. The molecule has 0 atom stereocenters. The van der Waals surface area contributed by atoms with Crippen LogP contribution in [-0.2, 0) is 4.74 Å². The van der Waals surface area contributed by atoms with Gasteiger partial charge in [-0.25, -0.2) is 9.36 Å². The molecule has 0 spiro atoms. The van der Waals surface area contributed by atoms with Gasteiger partial charge in [0.25, 0.3) is 11.5 Å². The number of aromatic amines is 1. The maximum absolute atomic E-state index is 13.5. The van der Waals surface area contributed by atoms with Crippen LogP contribution in [-0.4, -0.2) is 37.8 Å². The fourth-order valence-corrected chi connectivity index (χ4v) is 3.35. The van der Waals surface area contributed by atoms with E-state index in [1.165, 1.54) is 11.7 Å². The average molecular weight is 389 g/mol. The molecular formula is C21H19N5O3. The normalized spacial score (nSPS) is 11.0. The molecule has 4 rings (SSSR count). The first kappa shape index (κ1) is 18.5. The number of ether oxygens (including phenoxy) is 1. The predicted octanol–water partition coefficient (Wildman–Crippen LogP) is 2.88. The van der Waals surface area contributed by atoms with E-state index in [0.717, 1.165) is 11.1 Å². The summed E-state index contributed by atoms with van der Waals surface area (Å²) in [7, 11) is 1.31. The van der Waals surface area contributed by atoms with Crippen molar-refractivity contribution >= 4 is 16.9 Å². The molecule has 0 unspecified atom stereocenters. The molecule has 3 heterocycles. The summed E-state index contributed by atoms with van der Waals surface area (Å²) in [6.45, 7) is 5.45. The van der Waals surface area contributed by atoms with Crippen LogP contribution in [0.25, 0.3) is 28.0 Å². The van der Waals surface area contributed by atoms with Gasteiger partial charge in [0.2, 0.25) is 0 Å². The highest BCUT2D eigenvalue weighted by atomic mass is 16.5. The van der Waals surface area contributed by atoms with Crippen LogP contribution in [0.2, 0.25) is 0 Å². The van der Waals surface area contributed by atoms with Crippen LogP contribution in [0.5, 0.6) is 0 Å². The van der Waals surface area contributed by atoms with Crippen molar-refractivity contribution in [3.05, 3.63) is 69.5 Å². The number of hydrogen-bond donors (Lipinski definition) is 1. The average Bonchev–Trinajstić information content (AvgIpc) is 3.13. The number of aromatic nitrogens is 5. The van der Waals surface area contributed by atoms with Crippen molar-refractivity contribution in [2.75, 3.05) is 7.11 Å². The summed E-state index contributed by atoms with van der Waals surface area (Å²) in [5.41, 5.74) is 3.17. The fraction of sp³-hybridized carbons (Fsp3) is 0.190. The molecule has 8 heteroatoms. The number of methoxy groups -OCH3 is 1. The number of rotatable bonds is 3. The molecule has 1 N–H and O–H groups in total. The standard InChI is InChI=1S/C21H19N5O3/c1-11-5-7-14(8-6-11)17-16(20(28)29-4)12(2)22-15-9-10-26(19(27)18(15)17)21-23-13(3)24-25-21/h5-10H,1-4H3,(H,23,24,25). The van der Waals surface area contributed by atoms with E-state index in [1.807, 2.05) is 31.2 Å². The first-order valence-corrected chi connectivity index (χ1v) is 9.01. The minimum absolute atomic E-state index is 0.226. The van der Waals surface area contributed by atoms with Gasteiger partial charge in [-0.15, -0.1) is 5.10 Å². The fourth-order valence-electron chi connectivity index (χ4n) is 3.35. The third-order valence-corrected chi connectivity index (χ3v) is 4.75. The lowest BCUT2D eigenvalue weighted by Gasteiger charge is -2.15. The van der Waals surface area contributed by atoms with Gasteiger partial charge >= 0.3 is 5.97 Å². The molecule has 1 aromatic carbocycles. The Hall–Kier alpha value is -3.81. The second kappa shape index (κ2) is 6.97. The van der Waals surface area contributed by atoms with Gasteiger partial charge in [-0.2, -0.15) is 4.98 Å². The van der Waals surface area contributed by atoms with Crippen LogP contribution in [0.15, 0.2) is 41.3 Å². The van der Waals surface area contributed by atoms with Gasteiger partial charge in [-0.1, -0.05) is 29.8 Å². The van der Waals surface area contributed by atoms with Gasteiger partial charge in [0.15, 0.2) is 0 Å². The van der Waals surface area contributed by atoms with E-state index in [0.29, 0.717) is 28.0 Å². The first-order valence-electron chi connectivity index (χ1n) is 9.01. The molecular weight excluding hydrogens is 370 g/mol. The molecule has 4 aromatic rings. The zero-order valence-electron chi connectivity index (χ0n) is 16.5. The number of aryl methyl sites for hydroxylation is 3. The molecule has 0 bridgehead atoms. The quantitative estimate of drug-likeness (QED) is 0.541. The van der Waals surface area contributed by atoms with Gasteiger partial charge in [-0.05, 0) is 32.4 Å². The van der Waals surface area contributed by atoms with Crippen molar-refractivity contribution in [3.63, 3.8) is 0 Å². The molecule has 3 aromatic heterocycles. The number of hydrogen-bond acceptors (Lipinski definition) is 6. The van der Waals surface area contributed by atoms with E-state index in [1.54, 1.807) is 26.1 Å². The number of fused-ring (bicyclic) bond motifs is 1. The Bertz CT molecular complexity index is 1300. The SMILES string of the molecule is COC(=O)c1c(C)nc2ccn(-c3n[nH]c(C)n3)c(=O)c2c1-c1ccc(C)cc1. The van der Waals surface area contributed by atoms with Crippen molar-refractivity contribution < 1.29 is 9.53 Å². The number of nitrogens with one attached hydrogen (secondary N) is 1. The molecule has 0 saturated carbocycles. The van der Waals surface area contributed by atoms with E-state index in [-0.39, 0.29) is 17.1 Å². The summed E-state index contributed by atoms with van der Waals surface area (Å²) in [5, 5.41) is 7.12. The van der Waals surface area contributed by atoms with E-state index in [4.69, 9.17) is 4.74 Å². The lowest BCUT2D eigenvalue weighted by atomic mass is 9.94. The largest absolute Gasteiger partial charge is 0.465 e. The molecule has 0 aliphatic rings. The summed E-state index contributed by atoms with van der Waals surface area (Å²) in [5.74, 6) is 0.267. The Morgan fingerprint density at radius 3 is 2.41 bits per heavy atom. The van der Waals surface area contributed by atoms with Crippen molar-refractivity contribution in [3.8, 4) is 17.1 Å². The number of H-pyrrole nitrogens is 1. The van der Waals surface area contributed by atoms with Crippen molar-refractivity contribution in [2.45, 2.75) is 20.8 Å². The number of carbonyl (C=O) groups excluding carboxylic acids is 1. The predicted molar refractivity (Wildman–Crippen MR) is 108 cm³/mol. The van der Waals surface area contributed by atoms with Crippen molar-refractivity contribution in [1.29, 1.82) is 0 Å². The Morgan fingerprint density at radius 1 is 1.07 bits per heavy atom. The monoisotopic (exact) mass is 389 g/mol. The maximum Gasteiger partial charge on any atom is 0.340 e. The summed E-state index contributed by atoms with van der Waals surface area (Å²) in [4.78, 5) is 34.8. The molecule has 0 fully saturated rings. The highest BCUT2D eigenvalue weighted by Crippen LogP contribution is 2.32. The van der Waals surface area contributed by atoms with Gasteiger partial charge in [0, 0.05) is 11.8 Å². The van der Waals surface area contributed by atoms with Crippen molar-refractivity contribution in [1.82, 2.24) is 24.7 Å². The molecule has 0 saturated heterocycles. The van der Waals surface area contributed by atoms with Gasteiger partial charge in [0.05, 0.1) is 29.3 Å². The Balaban J connectivity index is 2.15. The van der Waals surface area contributed by atoms with Crippen LogP contribution in [0.1, 0.15) is 27.4 Å². The second-order valence-corrected chi connectivity index (χ2v) is 6.78. The molecule has 0 aliphatic heterocycles. The van der Waals surface area contributed by atoms with Crippen LogP contribution in [0.3, 0.4) is 0 Å². The minimum atomic E-state index is -0.545. The Labute approximate surface area is 166 Å². The molecule has 0 amide bonds. The highest BCUT2D eigenvalue weighted by Gasteiger charge is 2.24. The molecule has 146 valence electrons. The molecule has 29 heavy (non-hydrogen) atoms. The second-order valence-electron chi connectivity index (χ2n) is 6.78. The van der Waals surface area contributed by atoms with Crippen LogP contribution in [0, 0.1) is 20.8 Å². The van der Waals surface area contributed by atoms with E-state index >= 15 is 0 Å². The number of carbonyl (C=O) groups is 1. The van der Waals surface area contributed by atoms with Crippen LogP contribution in [0.4, 0.5) is 0 Å². The molecule has 8 nitrogen and oxygen atoms in total. The minimum Gasteiger partial charge on any atom is -0.465 e. The van der Waals surface area contributed by atoms with Crippen LogP contribution >= 0.6 is 0 Å². The number of esters is 1. The van der Waals surface area contributed by atoms with Crippen LogP contribution < -0.4 is 5.56 Å². The maximum atomic E-state index is 13.5. The number of pyridine rings is 2. The Kier molecular flexibility index (Phi) is 4.46.